The van der Waals surface area contributed by atoms with Gasteiger partial charge in [-0.3, -0.25) is 4.79 Å². The number of hydrogen-bond acceptors (Lipinski definition) is 3. The molecule has 0 bridgehead atoms. The number of nitrogens with one attached hydrogen (secondary N) is 1. The third-order valence-corrected chi connectivity index (χ3v) is 3.82. The van der Waals surface area contributed by atoms with Crippen LogP contribution >= 0.6 is 35.3 Å². The molecule has 3 N–H and O–H groups in total. The zero-order chi connectivity index (χ0) is 10.9. The molecule has 0 radical (unpaired) electrons. The molecule has 0 spiro atoms. The van der Waals surface area contributed by atoms with Crippen LogP contribution in [0.25, 0.3) is 0 Å². The van der Waals surface area contributed by atoms with E-state index >= 15 is 0 Å². The number of amides is 1. The minimum absolute atomic E-state index is 0. The summed E-state index contributed by atoms with van der Waals surface area (Å²) in [5, 5.41) is 2.84. The van der Waals surface area contributed by atoms with Crippen molar-refractivity contribution in [1.29, 1.82) is 0 Å². The van der Waals surface area contributed by atoms with E-state index in [-0.39, 0.29) is 18.3 Å². The summed E-state index contributed by atoms with van der Waals surface area (Å²) < 4.78 is 0.786. The molecule has 1 heterocycles. The first kappa shape index (κ1) is 13.8. The minimum atomic E-state index is -0.562. The lowest BCUT2D eigenvalue weighted by molar-refractivity contribution is -0.123. The molecule has 2 rings (SSSR count). The van der Waals surface area contributed by atoms with Crippen molar-refractivity contribution >= 4 is 41.3 Å². The molecule has 1 aliphatic rings. The second-order valence-electron chi connectivity index (χ2n) is 3.87. The highest BCUT2D eigenvalue weighted by atomic mass is 35.5. The number of thiophene rings is 1. The molecule has 3 nitrogen and oxygen atoms in total. The van der Waals surface area contributed by atoms with Crippen molar-refractivity contribution in [2.24, 2.45) is 5.73 Å². The molecule has 16 heavy (non-hydrogen) atoms. The van der Waals surface area contributed by atoms with Crippen molar-refractivity contribution in [1.82, 2.24) is 5.32 Å². The van der Waals surface area contributed by atoms with E-state index < -0.39 is 5.54 Å². The molecule has 0 unspecified atom stereocenters. The lowest BCUT2D eigenvalue weighted by Crippen LogP contribution is -2.43. The summed E-state index contributed by atoms with van der Waals surface area (Å²) >= 11 is 7.34. The van der Waals surface area contributed by atoms with Gasteiger partial charge in [-0.1, -0.05) is 11.6 Å². The number of rotatable bonds is 4. The molecular formula is C10H14Cl2N2OS. The highest BCUT2D eigenvalue weighted by Gasteiger charge is 2.45. The highest BCUT2D eigenvalue weighted by molar-refractivity contribution is 7.16. The van der Waals surface area contributed by atoms with Crippen LogP contribution < -0.4 is 11.1 Å². The quantitative estimate of drug-likeness (QED) is 0.886. The van der Waals surface area contributed by atoms with E-state index in [9.17, 15) is 4.79 Å². The Hall–Kier alpha value is -0.290. The molecule has 0 aromatic carbocycles. The maximum absolute atomic E-state index is 11.5. The van der Waals surface area contributed by atoms with E-state index in [1.54, 1.807) is 11.3 Å². The van der Waals surface area contributed by atoms with Crippen molar-refractivity contribution < 1.29 is 4.79 Å². The van der Waals surface area contributed by atoms with Crippen LogP contribution in [-0.4, -0.2) is 18.0 Å². The first-order valence-electron chi connectivity index (χ1n) is 4.91. The predicted molar refractivity (Wildman–Crippen MR) is 69.4 cm³/mol. The standard InChI is InChI=1S/C10H13ClN2OS.ClH/c11-8-2-1-7(15-8)3-6-13-9(14)10(12)4-5-10;/h1-2H,3-6,12H2,(H,13,14);1H. The average molecular weight is 281 g/mol. The summed E-state index contributed by atoms with van der Waals surface area (Å²) in [7, 11) is 0. The van der Waals surface area contributed by atoms with E-state index in [1.165, 1.54) is 4.88 Å². The Bertz CT molecular complexity index is 377. The summed E-state index contributed by atoms with van der Waals surface area (Å²) in [6.07, 6.45) is 2.44. The summed E-state index contributed by atoms with van der Waals surface area (Å²) in [6.45, 7) is 0.634. The Balaban J connectivity index is 0.00000128. The fourth-order valence-electron chi connectivity index (χ4n) is 1.32. The fourth-order valence-corrected chi connectivity index (χ4v) is 2.41. The van der Waals surface area contributed by atoms with Crippen molar-refractivity contribution in [3.05, 3.63) is 21.3 Å². The van der Waals surface area contributed by atoms with Crippen LogP contribution in [0.15, 0.2) is 12.1 Å². The molecule has 1 aliphatic carbocycles. The summed E-state index contributed by atoms with van der Waals surface area (Å²) in [5.74, 6) is -0.0230. The molecule has 1 fully saturated rings. The Morgan fingerprint density at radius 3 is 2.75 bits per heavy atom. The molecule has 0 atom stereocenters. The molecule has 1 saturated carbocycles. The van der Waals surface area contributed by atoms with Gasteiger partial charge in [0.1, 0.15) is 0 Å². The number of hydrogen-bond donors (Lipinski definition) is 2. The average Bonchev–Trinajstić information content (AvgIpc) is 2.81. The monoisotopic (exact) mass is 280 g/mol. The largest absolute Gasteiger partial charge is 0.354 e. The van der Waals surface area contributed by atoms with Crippen LogP contribution in [0.5, 0.6) is 0 Å². The smallest absolute Gasteiger partial charge is 0.240 e. The lowest BCUT2D eigenvalue weighted by Gasteiger charge is -2.08. The van der Waals surface area contributed by atoms with E-state index in [2.05, 4.69) is 5.32 Å². The normalized spacial score (nSPS) is 16.4. The Labute approximate surface area is 110 Å². The van der Waals surface area contributed by atoms with Gasteiger partial charge in [-0.05, 0) is 31.4 Å². The van der Waals surface area contributed by atoms with Gasteiger partial charge < -0.3 is 11.1 Å². The van der Waals surface area contributed by atoms with Gasteiger partial charge in [-0.2, -0.15) is 0 Å². The number of halogens is 2. The van der Waals surface area contributed by atoms with Gasteiger partial charge in [0.15, 0.2) is 0 Å². The van der Waals surface area contributed by atoms with Crippen LogP contribution in [-0.2, 0) is 11.2 Å². The number of carbonyl (C=O) groups excluding carboxylic acids is 1. The van der Waals surface area contributed by atoms with Crippen LogP contribution in [0.1, 0.15) is 17.7 Å². The zero-order valence-electron chi connectivity index (χ0n) is 8.66. The molecule has 1 aromatic rings. The highest BCUT2D eigenvalue weighted by Crippen LogP contribution is 2.32. The van der Waals surface area contributed by atoms with Crippen molar-refractivity contribution in [2.75, 3.05) is 6.54 Å². The van der Waals surface area contributed by atoms with Gasteiger partial charge in [-0.25, -0.2) is 0 Å². The Morgan fingerprint density at radius 2 is 2.25 bits per heavy atom. The summed E-state index contributed by atoms with van der Waals surface area (Å²) in [5.41, 5.74) is 5.18. The molecule has 0 aliphatic heterocycles. The van der Waals surface area contributed by atoms with E-state index in [1.807, 2.05) is 12.1 Å². The molecule has 0 saturated heterocycles. The van der Waals surface area contributed by atoms with Crippen molar-refractivity contribution in [2.45, 2.75) is 24.8 Å². The van der Waals surface area contributed by atoms with Gasteiger partial charge in [0.2, 0.25) is 5.91 Å². The van der Waals surface area contributed by atoms with E-state index in [0.717, 1.165) is 23.6 Å². The minimum Gasteiger partial charge on any atom is -0.354 e. The maximum atomic E-state index is 11.5. The molecular weight excluding hydrogens is 267 g/mol. The van der Waals surface area contributed by atoms with Crippen molar-refractivity contribution in [3.63, 3.8) is 0 Å². The Kier molecular flexibility index (Phi) is 4.62. The van der Waals surface area contributed by atoms with Crippen LogP contribution in [0.2, 0.25) is 4.34 Å². The molecule has 1 aromatic heterocycles. The van der Waals surface area contributed by atoms with Crippen LogP contribution in [0, 0.1) is 0 Å². The van der Waals surface area contributed by atoms with Crippen LogP contribution in [0.4, 0.5) is 0 Å². The Morgan fingerprint density at radius 1 is 1.56 bits per heavy atom. The SMILES string of the molecule is Cl.NC1(C(=O)NCCc2ccc(Cl)s2)CC1. The second kappa shape index (κ2) is 5.36. The van der Waals surface area contributed by atoms with Crippen molar-refractivity contribution in [3.8, 4) is 0 Å². The number of nitrogens with two attached hydrogens (primary N) is 1. The first-order valence-corrected chi connectivity index (χ1v) is 6.11. The van der Waals surface area contributed by atoms with E-state index in [0.29, 0.717) is 6.54 Å². The number of carbonyl (C=O) groups is 1. The lowest BCUT2D eigenvalue weighted by atomic mass is 10.2. The summed E-state index contributed by atoms with van der Waals surface area (Å²) in [4.78, 5) is 12.6. The molecule has 6 heteroatoms. The second-order valence-corrected chi connectivity index (χ2v) is 5.67. The van der Waals surface area contributed by atoms with Gasteiger partial charge in [-0.15, -0.1) is 23.7 Å². The molecule has 90 valence electrons. The third kappa shape index (κ3) is 3.35. The molecule has 1 amide bonds. The van der Waals surface area contributed by atoms with Gasteiger partial charge >= 0.3 is 0 Å². The predicted octanol–water partition coefficient (Wildman–Crippen LogP) is 1.97. The van der Waals surface area contributed by atoms with Gasteiger partial charge in [0.25, 0.3) is 0 Å². The maximum Gasteiger partial charge on any atom is 0.240 e. The summed E-state index contributed by atoms with van der Waals surface area (Å²) in [6, 6.07) is 3.85. The van der Waals surface area contributed by atoms with E-state index in [4.69, 9.17) is 17.3 Å². The van der Waals surface area contributed by atoms with Gasteiger partial charge in [0, 0.05) is 11.4 Å². The topological polar surface area (TPSA) is 55.1 Å². The fraction of sp³-hybridized carbons (Fsp3) is 0.500. The first-order chi connectivity index (χ1) is 7.10. The van der Waals surface area contributed by atoms with Crippen LogP contribution in [0.3, 0.4) is 0 Å². The third-order valence-electron chi connectivity index (χ3n) is 2.53. The van der Waals surface area contributed by atoms with Gasteiger partial charge in [0.05, 0.1) is 9.88 Å². The zero-order valence-corrected chi connectivity index (χ0v) is 11.1.